The highest BCUT2D eigenvalue weighted by atomic mass is 19.2. The van der Waals surface area contributed by atoms with Crippen LogP contribution in [0.2, 0.25) is 0 Å². The van der Waals surface area contributed by atoms with Gasteiger partial charge in [0.05, 0.1) is 20.8 Å². The first kappa shape index (κ1) is 13.7. The molecule has 0 atom stereocenters. The summed E-state index contributed by atoms with van der Waals surface area (Å²) < 4.78 is 37.2. The van der Waals surface area contributed by atoms with Gasteiger partial charge in [-0.2, -0.15) is 0 Å². The highest BCUT2D eigenvalue weighted by molar-refractivity contribution is 5.51. The zero-order valence-electron chi connectivity index (χ0n) is 10.3. The van der Waals surface area contributed by atoms with Gasteiger partial charge in [0.2, 0.25) is 0 Å². The van der Waals surface area contributed by atoms with Crippen LogP contribution in [0, 0.1) is 11.6 Å². The number of ether oxygens (including phenoxy) is 2. The fraction of sp³-hybridized carbons (Fsp3) is 0.500. The first-order valence-electron chi connectivity index (χ1n) is 5.10. The predicted molar refractivity (Wildman–Crippen MR) is 59.6 cm³/mol. The fourth-order valence-corrected chi connectivity index (χ4v) is 1.62. The molecule has 0 aliphatic carbocycles. The average molecular weight is 246 g/mol. The third kappa shape index (κ3) is 2.34. The highest BCUT2D eigenvalue weighted by Gasteiger charge is 2.32. The van der Waals surface area contributed by atoms with Gasteiger partial charge in [-0.3, -0.25) is 0 Å². The zero-order chi connectivity index (χ0) is 13.2. The lowest BCUT2D eigenvalue weighted by molar-refractivity contribution is 0.208. The van der Waals surface area contributed by atoms with Crippen LogP contribution in [0.3, 0.4) is 0 Å². The molecular formula is C12H16F2O3. The standard InChI is InChI=1S/C12H16F2O3/c1-12(2,6-15)9-10(14)7(13)5-8(16-3)11(9)17-4/h5,15H,6H2,1-4H3. The molecule has 96 valence electrons. The van der Waals surface area contributed by atoms with Crippen LogP contribution in [-0.2, 0) is 5.41 Å². The summed E-state index contributed by atoms with van der Waals surface area (Å²) in [6.07, 6.45) is 0. The molecule has 0 radical (unpaired) electrons. The van der Waals surface area contributed by atoms with Crippen LogP contribution in [0.1, 0.15) is 19.4 Å². The molecule has 1 rings (SSSR count). The van der Waals surface area contributed by atoms with Crippen molar-refractivity contribution in [1.29, 1.82) is 0 Å². The lowest BCUT2D eigenvalue weighted by Gasteiger charge is -2.26. The van der Waals surface area contributed by atoms with Gasteiger partial charge in [0.15, 0.2) is 23.1 Å². The highest BCUT2D eigenvalue weighted by Crippen LogP contribution is 2.41. The summed E-state index contributed by atoms with van der Waals surface area (Å²) in [6, 6.07) is 0.922. The maximum absolute atomic E-state index is 13.8. The van der Waals surface area contributed by atoms with Gasteiger partial charge in [-0.05, 0) is 0 Å². The molecule has 0 aliphatic heterocycles. The number of methoxy groups -OCH3 is 2. The number of aliphatic hydroxyl groups is 1. The van der Waals surface area contributed by atoms with E-state index in [1.165, 1.54) is 14.2 Å². The minimum Gasteiger partial charge on any atom is -0.493 e. The van der Waals surface area contributed by atoms with Crippen molar-refractivity contribution in [3.8, 4) is 11.5 Å². The largest absolute Gasteiger partial charge is 0.493 e. The van der Waals surface area contributed by atoms with Crippen LogP contribution in [-0.4, -0.2) is 25.9 Å². The Balaban J connectivity index is 3.60. The van der Waals surface area contributed by atoms with E-state index in [-0.39, 0.29) is 23.7 Å². The second kappa shape index (κ2) is 4.87. The van der Waals surface area contributed by atoms with E-state index in [0.717, 1.165) is 6.07 Å². The summed E-state index contributed by atoms with van der Waals surface area (Å²) in [5.74, 6) is -1.85. The summed E-state index contributed by atoms with van der Waals surface area (Å²) >= 11 is 0. The Labute approximate surface area is 99.0 Å². The quantitative estimate of drug-likeness (QED) is 0.885. The van der Waals surface area contributed by atoms with E-state index in [0.29, 0.717) is 0 Å². The van der Waals surface area contributed by atoms with E-state index in [9.17, 15) is 13.9 Å². The second-order valence-corrected chi connectivity index (χ2v) is 4.32. The molecule has 0 bridgehead atoms. The molecule has 0 saturated carbocycles. The molecule has 1 aromatic carbocycles. The van der Waals surface area contributed by atoms with Crippen LogP contribution in [0.4, 0.5) is 8.78 Å². The fourth-order valence-electron chi connectivity index (χ4n) is 1.62. The van der Waals surface area contributed by atoms with E-state index in [1.54, 1.807) is 13.8 Å². The Kier molecular flexibility index (Phi) is 3.93. The molecule has 0 saturated heterocycles. The topological polar surface area (TPSA) is 38.7 Å². The van der Waals surface area contributed by atoms with Gasteiger partial charge in [0.1, 0.15) is 0 Å². The van der Waals surface area contributed by atoms with E-state index in [4.69, 9.17) is 9.47 Å². The minimum absolute atomic E-state index is 0.0284. The molecule has 0 amide bonds. The Morgan fingerprint density at radius 2 is 1.82 bits per heavy atom. The zero-order valence-corrected chi connectivity index (χ0v) is 10.3. The van der Waals surface area contributed by atoms with Crippen LogP contribution in [0.15, 0.2) is 6.07 Å². The van der Waals surface area contributed by atoms with Gasteiger partial charge in [0.25, 0.3) is 0 Å². The molecule has 1 N–H and O–H groups in total. The SMILES string of the molecule is COc1cc(F)c(F)c(C(C)(C)CO)c1OC. The Morgan fingerprint density at radius 1 is 1.24 bits per heavy atom. The molecule has 0 unspecified atom stereocenters. The molecule has 0 fully saturated rings. The number of hydrogen-bond acceptors (Lipinski definition) is 3. The lowest BCUT2D eigenvalue weighted by atomic mass is 9.84. The molecule has 0 aromatic heterocycles. The van der Waals surface area contributed by atoms with Gasteiger partial charge < -0.3 is 14.6 Å². The minimum atomic E-state index is -1.03. The summed E-state index contributed by atoms with van der Waals surface area (Å²) in [5, 5.41) is 9.26. The summed E-state index contributed by atoms with van der Waals surface area (Å²) in [6.45, 7) is 2.84. The second-order valence-electron chi connectivity index (χ2n) is 4.32. The van der Waals surface area contributed by atoms with Crippen LogP contribution in [0.25, 0.3) is 0 Å². The average Bonchev–Trinajstić information content (AvgIpc) is 2.31. The normalized spacial score (nSPS) is 11.5. The first-order valence-corrected chi connectivity index (χ1v) is 5.10. The van der Waals surface area contributed by atoms with Crippen molar-refractivity contribution in [3.63, 3.8) is 0 Å². The molecular weight excluding hydrogens is 230 g/mol. The predicted octanol–water partition coefficient (Wildman–Crippen LogP) is 2.25. The van der Waals surface area contributed by atoms with E-state index in [2.05, 4.69) is 0 Å². The summed E-state index contributed by atoms with van der Waals surface area (Å²) in [4.78, 5) is 0. The van der Waals surface area contributed by atoms with Gasteiger partial charge in [-0.15, -0.1) is 0 Å². The van der Waals surface area contributed by atoms with Crippen molar-refractivity contribution in [2.24, 2.45) is 0 Å². The van der Waals surface area contributed by atoms with Crippen molar-refractivity contribution >= 4 is 0 Å². The van der Waals surface area contributed by atoms with Gasteiger partial charge >= 0.3 is 0 Å². The molecule has 17 heavy (non-hydrogen) atoms. The Morgan fingerprint density at radius 3 is 2.24 bits per heavy atom. The maximum Gasteiger partial charge on any atom is 0.167 e. The van der Waals surface area contributed by atoms with Crippen molar-refractivity contribution in [1.82, 2.24) is 0 Å². The van der Waals surface area contributed by atoms with Gasteiger partial charge in [0, 0.05) is 17.0 Å². The molecule has 0 aliphatic rings. The van der Waals surface area contributed by atoms with Crippen molar-refractivity contribution in [2.75, 3.05) is 20.8 Å². The Hall–Kier alpha value is -1.36. The maximum atomic E-state index is 13.8. The number of aliphatic hydroxyl groups excluding tert-OH is 1. The van der Waals surface area contributed by atoms with Crippen LogP contribution >= 0.6 is 0 Å². The van der Waals surface area contributed by atoms with Crippen LogP contribution in [0.5, 0.6) is 11.5 Å². The number of benzene rings is 1. The van der Waals surface area contributed by atoms with Crippen molar-refractivity contribution in [3.05, 3.63) is 23.3 Å². The molecule has 1 aromatic rings. The van der Waals surface area contributed by atoms with E-state index >= 15 is 0 Å². The first-order chi connectivity index (χ1) is 7.88. The van der Waals surface area contributed by atoms with Gasteiger partial charge in [-0.25, -0.2) is 8.78 Å². The van der Waals surface area contributed by atoms with Crippen molar-refractivity contribution < 1.29 is 23.4 Å². The third-order valence-corrected chi connectivity index (χ3v) is 2.63. The summed E-state index contributed by atoms with van der Waals surface area (Å²) in [7, 11) is 2.68. The number of halogens is 2. The smallest absolute Gasteiger partial charge is 0.167 e. The summed E-state index contributed by atoms with van der Waals surface area (Å²) in [5.41, 5.74) is -0.996. The number of rotatable bonds is 4. The van der Waals surface area contributed by atoms with E-state index in [1.807, 2.05) is 0 Å². The van der Waals surface area contributed by atoms with Crippen molar-refractivity contribution in [2.45, 2.75) is 19.3 Å². The van der Waals surface area contributed by atoms with Gasteiger partial charge in [-0.1, -0.05) is 13.8 Å². The third-order valence-electron chi connectivity index (χ3n) is 2.63. The molecule has 0 heterocycles. The van der Waals surface area contributed by atoms with Crippen LogP contribution < -0.4 is 9.47 Å². The molecule has 0 spiro atoms. The Bertz CT molecular complexity index is 417. The lowest BCUT2D eigenvalue weighted by Crippen LogP contribution is -2.25. The molecule has 3 nitrogen and oxygen atoms in total. The van der Waals surface area contributed by atoms with E-state index < -0.39 is 17.0 Å². The molecule has 5 heteroatoms. The monoisotopic (exact) mass is 246 g/mol. The number of hydrogen-bond donors (Lipinski definition) is 1.